The molecular weight excluding hydrogens is 276 g/mol. The maximum atomic E-state index is 12.0. The van der Waals surface area contributed by atoms with Crippen LogP contribution in [-0.4, -0.2) is 43.3 Å². The Morgan fingerprint density at radius 2 is 2.05 bits per heavy atom. The van der Waals surface area contributed by atoms with Crippen molar-refractivity contribution in [2.24, 2.45) is 0 Å². The number of morpholine rings is 1. The summed E-state index contributed by atoms with van der Waals surface area (Å²) in [5, 5.41) is 3.88. The van der Waals surface area contributed by atoms with Crippen molar-refractivity contribution in [1.29, 1.82) is 0 Å². The van der Waals surface area contributed by atoms with E-state index in [-0.39, 0.29) is 12.1 Å². The van der Waals surface area contributed by atoms with Crippen LogP contribution in [0.2, 0.25) is 5.02 Å². The lowest BCUT2D eigenvalue weighted by Crippen LogP contribution is -2.52. The number of hydrogen-bond donors (Lipinski definition) is 1. The average Bonchev–Trinajstić information content (AvgIpc) is 2.43. The summed E-state index contributed by atoms with van der Waals surface area (Å²) < 4.78 is 5.25. The van der Waals surface area contributed by atoms with Crippen molar-refractivity contribution in [2.75, 3.05) is 26.3 Å². The summed E-state index contributed by atoms with van der Waals surface area (Å²) in [5.41, 5.74) is 1.27. The molecule has 1 aliphatic carbocycles. The van der Waals surface area contributed by atoms with Gasteiger partial charge < -0.3 is 15.0 Å². The van der Waals surface area contributed by atoms with Crippen LogP contribution in [0.25, 0.3) is 0 Å². The van der Waals surface area contributed by atoms with Crippen LogP contribution in [0.1, 0.15) is 24.3 Å². The molecule has 0 bridgehead atoms. The van der Waals surface area contributed by atoms with Crippen LogP contribution < -0.4 is 5.32 Å². The second-order valence-corrected chi connectivity index (χ2v) is 5.91. The van der Waals surface area contributed by atoms with Crippen LogP contribution in [-0.2, 0) is 4.74 Å². The molecule has 1 aliphatic heterocycles. The highest BCUT2D eigenvalue weighted by molar-refractivity contribution is 6.30. The van der Waals surface area contributed by atoms with Crippen LogP contribution in [0.4, 0.5) is 4.79 Å². The monoisotopic (exact) mass is 294 g/mol. The first-order valence-corrected chi connectivity index (χ1v) is 7.49. The Bertz CT molecular complexity index is 483. The quantitative estimate of drug-likeness (QED) is 0.911. The molecule has 5 heteroatoms. The highest BCUT2D eigenvalue weighted by atomic mass is 35.5. The predicted molar refractivity (Wildman–Crippen MR) is 78.1 cm³/mol. The van der Waals surface area contributed by atoms with Gasteiger partial charge in [-0.2, -0.15) is 0 Å². The molecule has 1 heterocycles. The molecular formula is C15H19ClN2O2. The minimum Gasteiger partial charge on any atom is -0.378 e. The molecule has 2 amide bonds. The number of ether oxygens (including phenoxy) is 1. The summed E-state index contributed by atoms with van der Waals surface area (Å²) in [6.07, 6.45) is 1.99. The largest absolute Gasteiger partial charge is 0.378 e. The van der Waals surface area contributed by atoms with E-state index in [4.69, 9.17) is 16.3 Å². The Morgan fingerprint density at radius 1 is 1.30 bits per heavy atom. The van der Waals surface area contributed by atoms with Crippen LogP contribution in [0, 0.1) is 0 Å². The maximum absolute atomic E-state index is 12.0. The zero-order chi connectivity index (χ0) is 13.9. The first-order valence-electron chi connectivity index (χ1n) is 7.11. The topological polar surface area (TPSA) is 41.6 Å². The number of carbonyl (C=O) groups is 1. The van der Waals surface area contributed by atoms with Gasteiger partial charge in [-0.25, -0.2) is 4.79 Å². The van der Waals surface area contributed by atoms with Gasteiger partial charge in [-0.3, -0.25) is 0 Å². The number of rotatable bonds is 2. The number of urea groups is 1. The van der Waals surface area contributed by atoms with Gasteiger partial charge in [0.15, 0.2) is 0 Å². The van der Waals surface area contributed by atoms with Gasteiger partial charge >= 0.3 is 6.03 Å². The summed E-state index contributed by atoms with van der Waals surface area (Å²) in [6, 6.07) is 8.33. The molecule has 4 nitrogen and oxygen atoms in total. The Balaban J connectivity index is 1.47. The van der Waals surface area contributed by atoms with Crippen molar-refractivity contribution in [2.45, 2.75) is 24.8 Å². The number of halogens is 1. The molecule has 3 rings (SSSR count). The van der Waals surface area contributed by atoms with Gasteiger partial charge in [0.2, 0.25) is 0 Å². The van der Waals surface area contributed by atoms with Gasteiger partial charge in [-0.15, -0.1) is 0 Å². The summed E-state index contributed by atoms with van der Waals surface area (Å²) in [5.74, 6) is 0.517. The highest BCUT2D eigenvalue weighted by Crippen LogP contribution is 2.37. The first-order chi connectivity index (χ1) is 9.72. The molecule has 0 spiro atoms. The van der Waals surface area contributed by atoms with Gasteiger partial charge in [-0.05, 0) is 36.5 Å². The number of nitrogens with zero attached hydrogens (tertiary/aromatic N) is 1. The first kappa shape index (κ1) is 13.7. The van der Waals surface area contributed by atoms with Gasteiger partial charge in [0.25, 0.3) is 0 Å². The van der Waals surface area contributed by atoms with Crippen molar-refractivity contribution < 1.29 is 9.53 Å². The summed E-state index contributed by atoms with van der Waals surface area (Å²) in [7, 11) is 0. The summed E-state index contributed by atoms with van der Waals surface area (Å²) in [4.78, 5) is 13.9. The molecule has 108 valence electrons. The highest BCUT2D eigenvalue weighted by Gasteiger charge is 2.32. The molecule has 1 aromatic carbocycles. The van der Waals surface area contributed by atoms with Crippen molar-refractivity contribution >= 4 is 17.6 Å². The third kappa shape index (κ3) is 3.07. The second kappa shape index (κ2) is 6.02. The van der Waals surface area contributed by atoms with Crippen molar-refractivity contribution in [3.8, 4) is 0 Å². The summed E-state index contributed by atoms with van der Waals surface area (Å²) >= 11 is 6.00. The summed E-state index contributed by atoms with van der Waals surface area (Å²) in [6.45, 7) is 2.67. The minimum atomic E-state index is 0.0443. The van der Waals surface area contributed by atoms with E-state index >= 15 is 0 Å². The molecule has 2 aliphatic rings. The molecule has 0 atom stereocenters. The molecule has 2 fully saturated rings. The lowest BCUT2D eigenvalue weighted by molar-refractivity contribution is 0.0514. The Hall–Kier alpha value is -1.26. The van der Waals surface area contributed by atoms with E-state index < -0.39 is 0 Å². The van der Waals surface area contributed by atoms with E-state index in [9.17, 15) is 4.79 Å². The number of benzene rings is 1. The SMILES string of the molecule is O=C(NC1CC(c2cccc(Cl)c2)C1)N1CCOCC1. The van der Waals surface area contributed by atoms with E-state index in [0.717, 1.165) is 17.9 Å². The van der Waals surface area contributed by atoms with Crippen molar-refractivity contribution in [3.63, 3.8) is 0 Å². The minimum absolute atomic E-state index is 0.0443. The van der Waals surface area contributed by atoms with E-state index in [1.165, 1.54) is 5.56 Å². The predicted octanol–water partition coefficient (Wildman–Crippen LogP) is 2.63. The van der Waals surface area contributed by atoms with Crippen molar-refractivity contribution in [1.82, 2.24) is 10.2 Å². The third-order valence-corrected chi connectivity index (χ3v) is 4.32. The lowest BCUT2D eigenvalue weighted by Gasteiger charge is -2.38. The number of nitrogens with one attached hydrogen (secondary N) is 1. The van der Waals surface area contributed by atoms with E-state index in [1.807, 2.05) is 23.1 Å². The fraction of sp³-hybridized carbons (Fsp3) is 0.533. The van der Waals surface area contributed by atoms with E-state index in [0.29, 0.717) is 32.2 Å². The van der Waals surface area contributed by atoms with E-state index in [2.05, 4.69) is 11.4 Å². The van der Waals surface area contributed by atoms with E-state index in [1.54, 1.807) is 0 Å². The molecule has 0 unspecified atom stereocenters. The van der Waals surface area contributed by atoms with Gasteiger partial charge in [-0.1, -0.05) is 23.7 Å². The molecule has 20 heavy (non-hydrogen) atoms. The fourth-order valence-corrected chi connectivity index (χ4v) is 3.00. The molecule has 0 aromatic heterocycles. The number of hydrogen-bond acceptors (Lipinski definition) is 2. The van der Waals surface area contributed by atoms with Crippen molar-refractivity contribution in [3.05, 3.63) is 34.9 Å². The van der Waals surface area contributed by atoms with Gasteiger partial charge in [0.1, 0.15) is 0 Å². The Morgan fingerprint density at radius 3 is 2.75 bits per heavy atom. The molecule has 1 saturated carbocycles. The standard InChI is InChI=1S/C15H19ClN2O2/c16-13-3-1-2-11(8-13)12-9-14(10-12)17-15(19)18-4-6-20-7-5-18/h1-3,8,12,14H,4-7,9-10H2,(H,17,19). The zero-order valence-electron chi connectivity index (χ0n) is 11.3. The van der Waals surface area contributed by atoms with Crippen LogP contribution in [0.15, 0.2) is 24.3 Å². The normalized spacial score (nSPS) is 25.9. The Kier molecular flexibility index (Phi) is 4.13. The second-order valence-electron chi connectivity index (χ2n) is 5.47. The molecule has 1 N–H and O–H groups in total. The molecule has 1 aromatic rings. The fourth-order valence-electron chi connectivity index (χ4n) is 2.80. The number of carbonyl (C=O) groups excluding carboxylic acids is 1. The van der Waals surface area contributed by atoms with Crippen LogP contribution in [0.3, 0.4) is 0 Å². The molecule has 0 radical (unpaired) electrons. The third-order valence-electron chi connectivity index (χ3n) is 4.08. The smallest absolute Gasteiger partial charge is 0.317 e. The molecule has 1 saturated heterocycles. The zero-order valence-corrected chi connectivity index (χ0v) is 12.1. The number of amides is 2. The van der Waals surface area contributed by atoms with Gasteiger partial charge in [0, 0.05) is 24.2 Å². The van der Waals surface area contributed by atoms with Crippen LogP contribution in [0.5, 0.6) is 0 Å². The average molecular weight is 295 g/mol. The van der Waals surface area contributed by atoms with Gasteiger partial charge in [0.05, 0.1) is 13.2 Å². The lowest BCUT2D eigenvalue weighted by atomic mass is 9.76. The van der Waals surface area contributed by atoms with Crippen LogP contribution >= 0.6 is 11.6 Å². The Labute approximate surface area is 124 Å². The maximum Gasteiger partial charge on any atom is 0.317 e.